The standard InChI is InChI=1S/C8H8BrNO2/c1-5-6(8(10)12-11)3-2-4-7(5)9/h2-4,10-11H,1H3. The van der Waals surface area contributed by atoms with Crippen molar-refractivity contribution in [1.82, 2.24) is 0 Å². The minimum Gasteiger partial charge on any atom is -0.319 e. The first kappa shape index (κ1) is 9.22. The van der Waals surface area contributed by atoms with Crippen LogP contribution in [0.25, 0.3) is 0 Å². The van der Waals surface area contributed by atoms with Crippen LogP contribution < -0.4 is 0 Å². The maximum absolute atomic E-state index is 8.26. The Morgan fingerprint density at radius 3 is 2.83 bits per heavy atom. The highest BCUT2D eigenvalue weighted by Gasteiger charge is 2.07. The molecule has 0 aliphatic rings. The zero-order chi connectivity index (χ0) is 9.14. The van der Waals surface area contributed by atoms with Crippen molar-refractivity contribution in [2.24, 2.45) is 0 Å². The first-order chi connectivity index (χ1) is 5.66. The predicted molar refractivity (Wildman–Crippen MR) is 49.4 cm³/mol. The monoisotopic (exact) mass is 229 g/mol. The van der Waals surface area contributed by atoms with Gasteiger partial charge >= 0.3 is 0 Å². The minimum atomic E-state index is -0.242. The Morgan fingerprint density at radius 2 is 2.25 bits per heavy atom. The van der Waals surface area contributed by atoms with Crippen LogP contribution in [0.15, 0.2) is 22.7 Å². The molecule has 0 fully saturated rings. The molecule has 0 spiro atoms. The third-order valence-corrected chi connectivity index (χ3v) is 2.46. The molecule has 0 saturated carbocycles. The van der Waals surface area contributed by atoms with Crippen molar-refractivity contribution >= 4 is 21.8 Å². The average molecular weight is 230 g/mol. The summed E-state index contributed by atoms with van der Waals surface area (Å²) < 4.78 is 0.891. The first-order valence-corrected chi connectivity index (χ1v) is 4.11. The van der Waals surface area contributed by atoms with Gasteiger partial charge in [-0.15, -0.1) is 0 Å². The van der Waals surface area contributed by atoms with Crippen molar-refractivity contribution in [3.63, 3.8) is 0 Å². The highest BCUT2D eigenvalue weighted by molar-refractivity contribution is 9.10. The van der Waals surface area contributed by atoms with Gasteiger partial charge < -0.3 is 4.89 Å². The van der Waals surface area contributed by atoms with Gasteiger partial charge in [-0.1, -0.05) is 22.0 Å². The van der Waals surface area contributed by atoms with Crippen LogP contribution in [0.1, 0.15) is 11.1 Å². The highest BCUT2D eigenvalue weighted by atomic mass is 79.9. The Balaban J connectivity index is 3.16. The second-order valence-electron chi connectivity index (χ2n) is 2.33. The van der Waals surface area contributed by atoms with Gasteiger partial charge in [0.25, 0.3) is 5.90 Å². The lowest BCUT2D eigenvalue weighted by Gasteiger charge is -2.04. The number of benzene rings is 1. The maximum atomic E-state index is 8.26. The summed E-state index contributed by atoms with van der Waals surface area (Å²) in [7, 11) is 0. The van der Waals surface area contributed by atoms with Gasteiger partial charge in [0.2, 0.25) is 0 Å². The van der Waals surface area contributed by atoms with Gasteiger partial charge in [0.05, 0.1) is 0 Å². The van der Waals surface area contributed by atoms with Crippen LogP contribution in [0.5, 0.6) is 0 Å². The number of hydrogen-bond donors (Lipinski definition) is 2. The summed E-state index contributed by atoms with van der Waals surface area (Å²) in [5.41, 5.74) is 1.45. The molecule has 0 aromatic heterocycles. The van der Waals surface area contributed by atoms with Crippen molar-refractivity contribution < 1.29 is 10.1 Å². The van der Waals surface area contributed by atoms with E-state index >= 15 is 0 Å². The van der Waals surface area contributed by atoms with Crippen molar-refractivity contribution in [2.75, 3.05) is 0 Å². The zero-order valence-corrected chi connectivity index (χ0v) is 8.05. The fourth-order valence-electron chi connectivity index (χ4n) is 0.903. The van der Waals surface area contributed by atoms with Crippen LogP contribution in [0.4, 0.5) is 0 Å². The second-order valence-corrected chi connectivity index (χ2v) is 3.19. The molecule has 0 radical (unpaired) electrons. The third-order valence-electron chi connectivity index (χ3n) is 1.60. The van der Waals surface area contributed by atoms with E-state index in [2.05, 4.69) is 20.8 Å². The Kier molecular flexibility index (Phi) is 2.83. The first-order valence-electron chi connectivity index (χ1n) is 3.32. The molecule has 64 valence electrons. The number of halogens is 1. The lowest BCUT2D eigenvalue weighted by atomic mass is 10.1. The lowest BCUT2D eigenvalue weighted by Crippen LogP contribution is -2.04. The number of rotatable bonds is 1. The summed E-state index contributed by atoms with van der Waals surface area (Å²) >= 11 is 3.31. The molecule has 1 rings (SSSR count). The summed E-state index contributed by atoms with van der Waals surface area (Å²) in [4.78, 5) is 3.83. The van der Waals surface area contributed by atoms with E-state index in [-0.39, 0.29) is 5.90 Å². The van der Waals surface area contributed by atoms with E-state index in [0.29, 0.717) is 5.56 Å². The Bertz CT molecular complexity index is 312. The quantitative estimate of drug-likeness (QED) is 0.337. The van der Waals surface area contributed by atoms with Crippen molar-refractivity contribution in [3.05, 3.63) is 33.8 Å². The maximum Gasteiger partial charge on any atom is 0.256 e. The summed E-state index contributed by atoms with van der Waals surface area (Å²) in [5, 5.41) is 15.5. The van der Waals surface area contributed by atoms with Crippen LogP contribution >= 0.6 is 15.9 Å². The number of hydrogen-bond acceptors (Lipinski definition) is 3. The second kappa shape index (κ2) is 3.69. The molecule has 0 saturated heterocycles. The Morgan fingerprint density at radius 1 is 1.58 bits per heavy atom. The highest BCUT2D eigenvalue weighted by Crippen LogP contribution is 2.19. The smallest absolute Gasteiger partial charge is 0.256 e. The fourth-order valence-corrected chi connectivity index (χ4v) is 1.27. The lowest BCUT2D eigenvalue weighted by molar-refractivity contribution is -0.155. The van der Waals surface area contributed by atoms with Gasteiger partial charge in [-0.3, -0.25) is 5.41 Å². The molecule has 0 unspecified atom stereocenters. The Hall–Kier alpha value is -0.870. The topological polar surface area (TPSA) is 53.3 Å². The van der Waals surface area contributed by atoms with Gasteiger partial charge in [0, 0.05) is 10.0 Å². The molecule has 0 atom stereocenters. The molecule has 0 aliphatic carbocycles. The summed E-state index contributed by atoms with van der Waals surface area (Å²) in [6.45, 7) is 1.84. The molecule has 0 bridgehead atoms. The molecule has 0 amide bonds. The van der Waals surface area contributed by atoms with Gasteiger partial charge in [0.1, 0.15) is 0 Å². The van der Waals surface area contributed by atoms with Crippen LogP contribution in [0, 0.1) is 12.3 Å². The van der Waals surface area contributed by atoms with E-state index in [0.717, 1.165) is 10.0 Å². The van der Waals surface area contributed by atoms with E-state index in [1.54, 1.807) is 12.1 Å². The molecule has 4 heteroatoms. The molecular weight excluding hydrogens is 222 g/mol. The van der Waals surface area contributed by atoms with Crippen molar-refractivity contribution in [2.45, 2.75) is 6.92 Å². The largest absolute Gasteiger partial charge is 0.319 e. The molecule has 2 N–H and O–H groups in total. The minimum absolute atomic E-state index is 0.242. The molecular formula is C8H8BrNO2. The van der Waals surface area contributed by atoms with Gasteiger partial charge in [-0.2, -0.15) is 0 Å². The van der Waals surface area contributed by atoms with Crippen LogP contribution in [-0.4, -0.2) is 11.2 Å². The van der Waals surface area contributed by atoms with E-state index < -0.39 is 0 Å². The predicted octanol–water partition coefficient (Wildman–Crippen LogP) is 2.57. The fraction of sp³-hybridized carbons (Fsp3) is 0.125. The summed E-state index contributed by atoms with van der Waals surface area (Å²) in [6.07, 6.45) is 0. The average Bonchev–Trinajstić information content (AvgIpc) is 2.08. The van der Waals surface area contributed by atoms with E-state index in [1.807, 2.05) is 13.0 Å². The molecule has 0 heterocycles. The zero-order valence-electron chi connectivity index (χ0n) is 6.47. The van der Waals surface area contributed by atoms with E-state index in [1.165, 1.54) is 0 Å². The summed E-state index contributed by atoms with van der Waals surface area (Å²) in [5.74, 6) is -0.242. The van der Waals surface area contributed by atoms with E-state index in [9.17, 15) is 0 Å². The third kappa shape index (κ3) is 1.65. The Labute approximate surface area is 78.6 Å². The van der Waals surface area contributed by atoms with Crippen molar-refractivity contribution in [1.29, 1.82) is 5.41 Å². The number of nitrogens with one attached hydrogen (secondary N) is 1. The van der Waals surface area contributed by atoms with Gasteiger partial charge in [-0.05, 0) is 24.6 Å². The molecule has 12 heavy (non-hydrogen) atoms. The van der Waals surface area contributed by atoms with Crippen LogP contribution in [-0.2, 0) is 4.89 Å². The molecule has 1 aromatic rings. The van der Waals surface area contributed by atoms with Crippen molar-refractivity contribution in [3.8, 4) is 0 Å². The van der Waals surface area contributed by atoms with E-state index in [4.69, 9.17) is 10.7 Å². The molecule has 3 nitrogen and oxygen atoms in total. The van der Waals surface area contributed by atoms with Gasteiger partial charge in [-0.25, -0.2) is 5.26 Å². The van der Waals surface area contributed by atoms with Crippen LogP contribution in [0.2, 0.25) is 0 Å². The normalized spacial score (nSPS) is 9.58. The molecule has 1 aromatic carbocycles. The van der Waals surface area contributed by atoms with Crippen LogP contribution in [0.3, 0.4) is 0 Å². The molecule has 0 aliphatic heterocycles. The summed E-state index contributed by atoms with van der Waals surface area (Å²) in [6, 6.07) is 5.35. The van der Waals surface area contributed by atoms with Gasteiger partial charge in [0.15, 0.2) is 0 Å². The SMILES string of the molecule is Cc1c(Br)cccc1C(=N)OO.